The van der Waals surface area contributed by atoms with E-state index in [4.69, 9.17) is 16.6 Å². The quantitative estimate of drug-likeness (QED) is 0.646. The van der Waals surface area contributed by atoms with Crippen molar-refractivity contribution in [1.29, 1.82) is 0 Å². The number of allylic oxidation sites excluding steroid dienone is 4. The number of aromatic nitrogens is 3. The number of nitrogens with one attached hydrogen (secondary N) is 1. The van der Waals surface area contributed by atoms with E-state index >= 15 is 0 Å². The van der Waals surface area contributed by atoms with Crippen molar-refractivity contribution >= 4 is 49.5 Å². The molecule has 4 rings (SSSR count). The zero-order valence-corrected chi connectivity index (χ0v) is 17.5. The van der Waals surface area contributed by atoms with E-state index in [9.17, 15) is 4.79 Å². The van der Waals surface area contributed by atoms with Gasteiger partial charge in [0.25, 0.3) is 5.56 Å². The van der Waals surface area contributed by atoms with Gasteiger partial charge in [0, 0.05) is 39.4 Å². The van der Waals surface area contributed by atoms with Crippen molar-refractivity contribution in [2.75, 3.05) is 20.6 Å². The predicted molar refractivity (Wildman–Crippen MR) is 115 cm³/mol. The number of rotatable bonds is 4. The Morgan fingerprint density at radius 1 is 1.41 bits per heavy atom. The Kier molecular flexibility index (Phi) is 4.97. The van der Waals surface area contributed by atoms with Crippen LogP contribution in [0.2, 0.25) is 0 Å². The molecule has 0 spiro atoms. The second-order valence-corrected chi connectivity index (χ2v) is 8.41. The molecule has 0 saturated carbocycles. The molecule has 2 aromatic heterocycles. The zero-order chi connectivity index (χ0) is 19.1. The summed E-state index contributed by atoms with van der Waals surface area (Å²) in [6.45, 7) is 1.36. The molecule has 2 heterocycles. The number of likely N-dealkylation sites (N-methyl/N-ethyl adjacent to an activating group) is 1. The fourth-order valence-corrected chi connectivity index (χ4v) is 3.98. The standard InChI is InChI=1S/C20H20BrClN4O/c1-25(2)9-10-26-19(12-3-6-14(22)7-4-12)24-18-17(20(26)27)15-8-5-13(21)11-16(15)23-18/h3,5-8,11-12,23H,4,9-10H2,1-2H3. The van der Waals surface area contributed by atoms with Crippen molar-refractivity contribution in [3.05, 3.63) is 62.1 Å². The van der Waals surface area contributed by atoms with Crippen molar-refractivity contribution in [2.24, 2.45) is 0 Å². The molecule has 5 nitrogen and oxygen atoms in total. The van der Waals surface area contributed by atoms with Gasteiger partial charge in [0.15, 0.2) is 0 Å². The summed E-state index contributed by atoms with van der Waals surface area (Å²) in [5, 5.41) is 2.27. The molecular weight excluding hydrogens is 428 g/mol. The van der Waals surface area contributed by atoms with Crippen molar-refractivity contribution in [2.45, 2.75) is 18.9 Å². The lowest BCUT2D eigenvalue weighted by atomic mass is 9.99. The molecule has 0 saturated heterocycles. The third kappa shape index (κ3) is 3.49. The molecule has 1 aliphatic carbocycles. The van der Waals surface area contributed by atoms with Gasteiger partial charge < -0.3 is 9.88 Å². The number of nitrogens with zero attached hydrogens (tertiary/aromatic N) is 3. The smallest absolute Gasteiger partial charge is 0.263 e. The minimum Gasteiger partial charge on any atom is -0.339 e. The Balaban J connectivity index is 1.94. The third-order valence-corrected chi connectivity index (χ3v) is 5.63. The summed E-state index contributed by atoms with van der Waals surface area (Å²) in [7, 11) is 4.01. The van der Waals surface area contributed by atoms with Crippen molar-refractivity contribution in [3.8, 4) is 0 Å². The number of fused-ring (bicyclic) bond motifs is 3. The molecule has 1 unspecified atom stereocenters. The van der Waals surface area contributed by atoms with Gasteiger partial charge in [-0.25, -0.2) is 4.98 Å². The van der Waals surface area contributed by atoms with Crippen molar-refractivity contribution < 1.29 is 0 Å². The fraction of sp³-hybridized carbons (Fsp3) is 0.300. The van der Waals surface area contributed by atoms with Gasteiger partial charge in [-0.05, 0) is 38.7 Å². The Hall–Kier alpha value is -1.89. The lowest BCUT2D eigenvalue weighted by Crippen LogP contribution is -2.31. The van der Waals surface area contributed by atoms with Crippen LogP contribution in [0.5, 0.6) is 0 Å². The van der Waals surface area contributed by atoms with E-state index in [1.807, 2.05) is 55.1 Å². The molecule has 1 atom stereocenters. The van der Waals surface area contributed by atoms with Crippen LogP contribution >= 0.6 is 27.5 Å². The van der Waals surface area contributed by atoms with E-state index < -0.39 is 0 Å². The summed E-state index contributed by atoms with van der Waals surface area (Å²) in [5.41, 5.74) is 1.54. The van der Waals surface area contributed by atoms with Crippen molar-refractivity contribution in [3.63, 3.8) is 0 Å². The van der Waals surface area contributed by atoms with Crippen molar-refractivity contribution in [1.82, 2.24) is 19.4 Å². The number of benzene rings is 1. The molecule has 1 aliphatic rings. The van der Waals surface area contributed by atoms with Gasteiger partial charge >= 0.3 is 0 Å². The minimum absolute atomic E-state index is 0.000488. The number of hydrogen-bond acceptors (Lipinski definition) is 3. The molecular formula is C20H20BrClN4O. The molecule has 0 bridgehead atoms. The number of hydrogen-bond donors (Lipinski definition) is 1. The summed E-state index contributed by atoms with van der Waals surface area (Å²) < 4.78 is 2.78. The maximum atomic E-state index is 13.4. The Bertz CT molecular complexity index is 1140. The molecule has 140 valence electrons. The second kappa shape index (κ2) is 7.26. The van der Waals surface area contributed by atoms with Gasteiger partial charge in [-0.2, -0.15) is 0 Å². The molecule has 27 heavy (non-hydrogen) atoms. The summed E-state index contributed by atoms with van der Waals surface area (Å²) in [6.07, 6.45) is 6.62. The van der Waals surface area contributed by atoms with Gasteiger partial charge in [0.2, 0.25) is 0 Å². The van der Waals surface area contributed by atoms with Gasteiger partial charge in [-0.15, -0.1) is 0 Å². The third-order valence-electron chi connectivity index (χ3n) is 4.86. The Morgan fingerprint density at radius 2 is 2.22 bits per heavy atom. The maximum absolute atomic E-state index is 13.4. The number of halogens is 2. The maximum Gasteiger partial charge on any atom is 0.263 e. The SMILES string of the molecule is CN(C)CCn1c(C2C=CC(Cl)=CC2)nc2[nH]c3cc(Br)ccc3c2c1=O. The number of H-pyrrole nitrogens is 1. The van der Waals surface area contributed by atoms with Crippen LogP contribution in [0.3, 0.4) is 0 Å². The molecule has 0 aliphatic heterocycles. The first kappa shape index (κ1) is 18.5. The zero-order valence-electron chi connectivity index (χ0n) is 15.2. The molecule has 0 amide bonds. The summed E-state index contributed by atoms with van der Waals surface area (Å²) in [5.74, 6) is 0.807. The summed E-state index contributed by atoms with van der Waals surface area (Å²) in [4.78, 5) is 23.7. The van der Waals surface area contributed by atoms with E-state index in [0.717, 1.165) is 39.2 Å². The average molecular weight is 448 g/mol. The highest BCUT2D eigenvalue weighted by molar-refractivity contribution is 9.10. The van der Waals surface area contributed by atoms with Crippen LogP contribution in [0.4, 0.5) is 0 Å². The number of aromatic amines is 1. The van der Waals surface area contributed by atoms with Crippen LogP contribution in [0.15, 0.2) is 50.7 Å². The van der Waals surface area contributed by atoms with Crippen LogP contribution in [0.25, 0.3) is 21.9 Å². The summed E-state index contributed by atoms with van der Waals surface area (Å²) >= 11 is 9.56. The molecule has 1 aromatic carbocycles. The van der Waals surface area contributed by atoms with Crippen LogP contribution < -0.4 is 5.56 Å². The average Bonchev–Trinajstić information content (AvgIpc) is 2.98. The molecule has 0 fully saturated rings. The largest absolute Gasteiger partial charge is 0.339 e. The van der Waals surface area contributed by atoms with Gasteiger partial charge in [-0.3, -0.25) is 9.36 Å². The van der Waals surface area contributed by atoms with Crippen LogP contribution in [0, 0.1) is 0 Å². The molecule has 7 heteroatoms. The fourth-order valence-electron chi connectivity index (χ4n) is 3.45. The highest BCUT2D eigenvalue weighted by Crippen LogP contribution is 2.29. The Morgan fingerprint density at radius 3 is 2.93 bits per heavy atom. The first-order valence-electron chi connectivity index (χ1n) is 8.84. The topological polar surface area (TPSA) is 53.9 Å². The monoisotopic (exact) mass is 446 g/mol. The molecule has 1 N–H and O–H groups in total. The van der Waals surface area contributed by atoms with E-state index in [1.54, 1.807) is 0 Å². The first-order valence-corrected chi connectivity index (χ1v) is 10.0. The van der Waals surface area contributed by atoms with E-state index in [0.29, 0.717) is 17.6 Å². The van der Waals surface area contributed by atoms with E-state index in [1.165, 1.54) is 0 Å². The summed E-state index contributed by atoms with van der Waals surface area (Å²) in [6, 6.07) is 5.88. The highest BCUT2D eigenvalue weighted by atomic mass is 79.9. The van der Waals surface area contributed by atoms with E-state index in [2.05, 4.69) is 25.8 Å². The van der Waals surface area contributed by atoms with Crippen LogP contribution in [0.1, 0.15) is 18.2 Å². The Labute approximate surface area is 170 Å². The molecule has 0 radical (unpaired) electrons. The first-order chi connectivity index (χ1) is 12.9. The highest BCUT2D eigenvalue weighted by Gasteiger charge is 2.21. The van der Waals surface area contributed by atoms with E-state index in [-0.39, 0.29) is 11.5 Å². The normalized spacial score (nSPS) is 17.2. The van der Waals surface area contributed by atoms with Gasteiger partial charge in [0.1, 0.15) is 11.5 Å². The predicted octanol–water partition coefficient (Wildman–Crippen LogP) is 4.37. The second-order valence-electron chi connectivity index (χ2n) is 7.06. The minimum atomic E-state index is -0.000488. The van der Waals surface area contributed by atoms with Crippen LogP contribution in [-0.2, 0) is 6.54 Å². The lowest BCUT2D eigenvalue weighted by molar-refractivity contribution is 0.375. The van der Waals surface area contributed by atoms with Crippen LogP contribution in [-0.4, -0.2) is 40.1 Å². The molecule has 3 aromatic rings. The lowest BCUT2D eigenvalue weighted by Gasteiger charge is -2.20. The van der Waals surface area contributed by atoms with Gasteiger partial charge in [0.05, 0.1) is 5.39 Å². The van der Waals surface area contributed by atoms with Gasteiger partial charge in [-0.1, -0.05) is 45.7 Å².